The summed E-state index contributed by atoms with van der Waals surface area (Å²) in [6.07, 6.45) is 13.4. The van der Waals surface area contributed by atoms with Crippen LogP contribution in [0.5, 0.6) is 0 Å². The van der Waals surface area contributed by atoms with Crippen molar-refractivity contribution < 1.29 is 5.11 Å². The molecule has 0 saturated heterocycles. The van der Waals surface area contributed by atoms with E-state index < -0.39 is 0 Å². The van der Waals surface area contributed by atoms with E-state index in [9.17, 15) is 5.11 Å². The van der Waals surface area contributed by atoms with Crippen LogP contribution in [0.4, 0.5) is 0 Å². The van der Waals surface area contributed by atoms with Crippen LogP contribution in [0, 0.1) is 0 Å². The highest BCUT2D eigenvalue weighted by Crippen LogP contribution is 2.43. The Labute approximate surface area is 130 Å². The minimum Gasteiger partial charge on any atom is -0.392 e. The molecule has 0 heterocycles. The third-order valence-corrected chi connectivity index (χ3v) is 5.31. The highest BCUT2D eigenvalue weighted by atomic mass is 16.3. The van der Waals surface area contributed by atoms with Crippen LogP contribution in [0.3, 0.4) is 0 Å². The molecule has 2 rings (SSSR count). The molecular weight excluding hydrogens is 256 g/mol. The van der Waals surface area contributed by atoms with Gasteiger partial charge in [-0.2, -0.15) is 0 Å². The van der Waals surface area contributed by atoms with Crippen LogP contribution in [-0.2, 0) is 5.41 Å². The van der Waals surface area contributed by atoms with Gasteiger partial charge in [-0.15, -0.1) is 0 Å². The molecule has 118 valence electrons. The molecule has 1 saturated carbocycles. The zero-order chi connectivity index (χ0) is 15.0. The Bertz CT molecular complexity index is 378. The van der Waals surface area contributed by atoms with Crippen LogP contribution < -0.4 is 0 Å². The molecule has 1 N–H and O–H groups in total. The predicted molar refractivity (Wildman–Crippen MR) is 90.6 cm³/mol. The van der Waals surface area contributed by atoms with Gasteiger partial charge >= 0.3 is 0 Å². The van der Waals surface area contributed by atoms with Crippen LogP contribution in [0.2, 0.25) is 0 Å². The Morgan fingerprint density at radius 3 is 2.29 bits per heavy atom. The standard InChI is InChI=1S/C20H32O/c1-2-3-4-5-10-15-19(21)20(16-11-7-12-17-20)18-13-8-6-9-14-18/h6,8-9,13-14,19,21H,2-5,7,10-12,15-17H2,1H3. The lowest BCUT2D eigenvalue weighted by molar-refractivity contribution is 0.0449. The highest BCUT2D eigenvalue weighted by molar-refractivity contribution is 5.27. The van der Waals surface area contributed by atoms with Gasteiger partial charge in [0, 0.05) is 5.41 Å². The van der Waals surface area contributed by atoms with E-state index in [2.05, 4.69) is 37.3 Å². The summed E-state index contributed by atoms with van der Waals surface area (Å²) in [7, 11) is 0. The molecule has 0 aliphatic heterocycles. The zero-order valence-electron chi connectivity index (χ0n) is 13.7. The van der Waals surface area contributed by atoms with E-state index in [1.165, 1.54) is 56.9 Å². The van der Waals surface area contributed by atoms with E-state index >= 15 is 0 Å². The van der Waals surface area contributed by atoms with Crippen molar-refractivity contribution in [3.63, 3.8) is 0 Å². The van der Waals surface area contributed by atoms with Crippen molar-refractivity contribution in [3.05, 3.63) is 35.9 Å². The number of aliphatic hydroxyl groups excluding tert-OH is 1. The van der Waals surface area contributed by atoms with Crippen molar-refractivity contribution in [2.75, 3.05) is 0 Å². The van der Waals surface area contributed by atoms with E-state index in [1.807, 2.05) is 0 Å². The van der Waals surface area contributed by atoms with Gasteiger partial charge in [-0.3, -0.25) is 0 Å². The number of rotatable bonds is 8. The largest absolute Gasteiger partial charge is 0.392 e. The number of benzene rings is 1. The summed E-state index contributed by atoms with van der Waals surface area (Å²) >= 11 is 0. The summed E-state index contributed by atoms with van der Waals surface area (Å²) in [5.74, 6) is 0. The number of unbranched alkanes of at least 4 members (excludes halogenated alkanes) is 4. The molecule has 0 amide bonds. The van der Waals surface area contributed by atoms with E-state index in [4.69, 9.17) is 0 Å². The first-order chi connectivity index (χ1) is 10.3. The van der Waals surface area contributed by atoms with E-state index in [1.54, 1.807) is 0 Å². The second kappa shape index (κ2) is 8.58. The van der Waals surface area contributed by atoms with Gasteiger partial charge < -0.3 is 5.11 Å². The van der Waals surface area contributed by atoms with Crippen molar-refractivity contribution >= 4 is 0 Å². The Balaban J connectivity index is 1.99. The van der Waals surface area contributed by atoms with Crippen LogP contribution in [0.15, 0.2) is 30.3 Å². The van der Waals surface area contributed by atoms with E-state index in [0.29, 0.717) is 0 Å². The zero-order valence-corrected chi connectivity index (χ0v) is 13.7. The molecule has 1 heteroatoms. The van der Waals surface area contributed by atoms with Crippen LogP contribution in [0.1, 0.15) is 83.1 Å². The SMILES string of the molecule is CCCCCCCC(O)C1(c2ccccc2)CCCCC1. The minimum atomic E-state index is -0.165. The average Bonchev–Trinajstić information content (AvgIpc) is 2.56. The number of hydrogen-bond donors (Lipinski definition) is 1. The Hall–Kier alpha value is -0.820. The normalized spacial score (nSPS) is 19.3. The summed E-state index contributed by atoms with van der Waals surface area (Å²) in [5, 5.41) is 10.9. The lowest BCUT2D eigenvalue weighted by atomic mass is 9.65. The first kappa shape index (κ1) is 16.5. The molecule has 1 fully saturated rings. The summed E-state index contributed by atoms with van der Waals surface area (Å²) in [4.78, 5) is 0. The smallest absolute Gasteiger partial charge is 0.0636 e. The second-order valence-corrected chi connectivity index (χ2v) is 6.80. The third-order valence-electron chi connectivity index (χ3n) is 5.31. The molecule has 1 atom stereocenters. The lowest BCUT2D eigenvalue weighted by Gasteiger charge is -2.42. The quantitative estimate of drug-likeness (QED) is 0.616. The molecule has 1 aliphatic rings. The van der Waals surface area contributed by atoms with Gasteiger partial charge in [0.05, 0.1) is 6.10 Å². The molecule has 0 bridgehead atoms. The molecule has 1 aromatic rings. The molecular formula is C20H32O. The first-order valence-corrected chi connectivity index (χ1v) is 9.03. The molecule has 0 spiro atoms. The first-order valence-electron chi connectivity index (χ1n) is 9.03. The Morgan fingerprint density at radius 1 is 0.952 bits per heavy atom. The van der Waals surface area contributed by atoms with Crippen molar-refractivity contribution in [3.8, 4) is 0 Å². The number of hydrogen-bond acceptors (Lipinski definition) is 1. The monoisotopic (exact) mass is 288 g/mol. The topological polar surface area (TPSA) is 20.2 Å². The molecule has 1 aliphatic carbocycles. The molecule has 1 nitrogen and oxygen atoms in total. The molecule has 1 unspecified atom stereocenters. The van der Waals surface area contributed by atoms with Gasteiger partial charge in [-0.1, -0.05) is 88.6 Å². The van der Waals surface area contributed by atoms with Gasteiger partial charge in [0.15, 0.2) is 0 Å². The average molecular weight is 288 g/mol. The summed E-state index contributed by atoms with van der Waals surface area (Å²) in [6, 6.07) is 10.8. The lowest BCUT2D eigenvalue weighted by Crippen LogP contribution is -2.41. The van der Waals surface area contributed by atoms with Gasteiger partial charge in [0.1, 0.15) is 0 Å². The number of aliphatic hydroxyl groups is 1. The summed E-state index contributed by atoms with van der Waals surface area (Å²) in [5.41, 5.74) is 1.40. The van der Waals surface area contributed by atoms with Gasteiger partial charge in [-0.05, 0) is 24.8 Å². The fraction of sp³-hybridized carbons (Fsp3) is 0.700. The molecule has 0 radical (unpaired) electrons. The van der Waals surface area contributed by atoms with Crippen LogP contribution in [0.25, 0.3) is 0 Å². The van der Waals surface area contributed by atoms with Crippen LogP contribution in [-0.4, -0.2) is 11.2 Å². The van der Waals surface area contributed by atoms with Gasteiger partial charge in [-0.25, -0.2) is 0 Å². The van der Waals surface area contributed by atoms with Gasteiger partial charge in [0.2, 0.25) is 0 Å². The maximum Gasteiger partial charge on any atom is 0.0636 e. The molecule has 21 heavy (non-hydrogen) atoms. The van der Waals surface area contributed by atoms with Gasteiger partial charge in [0.25, 0.3) is 0 Å². The Kier molecular flexibility index (Phi) is 6.76. The molecule has 0 aromatic heterocycles. The highest BCUT2D eigenvalue weighted by Gasteiger charge is 2.39. The summed E-state index contributed by atoms with van der Waals surface area (Å²) < 4.78 is 0. The van der Waals surface area contributed by atoms with Crippen LogP contribution >= 0.6 is 0 Å². The van der Waals surface area contributed by atoms with E-state index in [-0.39, 0.29) is 11.5 Å². The van der Waals surface area contributed by atoms with E-state index in [0.717, 1.165) is 19.3 Å². The fourth-order valence-corrected chi connectivity index (χ4v) is 3.98. The third kappa shape index (κ3) is 4.32. The second-order valence-electron chi connectivity index (χ2n) is 6.80. The van der Waals surface area contributed by atoms with Crippen molar-refractivity contribution in [2.45, 2.75) is 89.1 Å². The maximum atomic E-state index is 10.9. The summed E-state index contributed by atoms with van der Waals surface area (Å²) in [6.45, 7) is 2.25. The van der Waals surface area contributed by atoms with Crippen molar-refractivity contribution in [2.24, 2.45) is 0 Å². The fourth-order valence-electron chi connectivity index (χ4n) is 3.98. The Morgan fingerprint density at radius 2 is 1.62 bits per heavy atom. The predicted octanol–water partition coefficient (Wildman–Crippen LogP) is 5.61. The molecule has 1 aromatic carbocycles. The minimum absolute atomic E-state index is 0.0320. The van der Waals surface area contributed by atoms with Crippen molar-refractivity contribution in [1.82, 2.24) is 0 Å². The maximum absolute atomic E-state index is 10.9. The van der Waals surface area contributed by atoms with Crippen molar-refractivity contribution in [1.29, 1.82) is 0 Å².